The Morgan fingerprint density at radius 1 is 1.19 bits per heavy atom. The molecule has 0 radical (unpaired) electrons. The zero-order chi connectivity index (χ0) is 18.7. The maximum atomic E-state index is 6.65. The molecule has 0 fully saturated rings. The van der Waals surface area contributed by atoms with Gasteiger partial charge in [-0.1, -0.05) is 48.6 Å². The van der Waals surface area contributed by atoms with E-state index in [9.17, 15) is 0 Å². The molecule has 1 unspecified atom stereocenters. The van der Waals surface area contributed by atoms with Gasteiger partial charge in [-0.05, 0) is 73.6 Å². The lowest BCUT2D eigenvalue weighted by atomic mass is 9.74. The predicted molar refractivity (Wildman–Crippen MR) is 112 cm³/mol. The fraction of sp³-hybridized carbons (Fsp3) is 0.391. The second kappa shape index (κ2) is 7.81. The summed E-state index contributed by atoms with van der Waals surface area (Å²) in [6.45, 7) is 10.9. The van der Waals surface area contributed by atoms with Crippen molar-refractivity contribution in [3.05, 3.63) is 71.8 Å². The molecule has 3 heteroatoms. The van der Waals surface area contributed by atoms with Crippen molar-refractivity contribution < 1.29 is 9.16 Å². The van der Waals surface area contributed by atoms with Crippen molar-refractivity contribution in [3.8, 4) is 5.75 Å². The van der Waals surface area contributed by atoms with E-state index in [0.717, 1.165) is 30.6 Å². The average Bonchev–Trinajstić information content (AvgIpc) is 2.61. The monoisotopic (exact) mass is 366 g/mol. The molecule has 2 atom stereocenters. The van der Waals surface area contributed by atoms with Crippen LogP contribution < -0.4 is 9.92 Å². The predicted octanol–water partition coefficient (Wildman–Crippen LogP) is 5.19. The Morgan fingerprint density at radius 2 is 1.92 bits per heavy atom. The highest BCUT2D eigenvalue weighted by Crippen LogP contribution is 2.40. The van der Waals surface area contributed by atoms with Gasteiger partial charge < -0.3 is 9.16 Å². The zero-order valence-electron chi connectivity index (χ0n) is 16.4. The summed E-state index contributed by atoms with van der Waals surface area (Å²) in [5.41, 5.74) is 4.04. The van der Waals surface area contributed by atoms with Gasteiger partial charge in [0.1, 0.15) is 5.75 Å². The summed E-state index contributed by atoms with van der Waals surface area (Å²) in [5, 5.41) is 1.34. The molecule has 0 saturated carbocycles. The zero-order valence-corrected chi connectivity index (χ0v) is 17.4. The van der Waals surface area contributed by atoms with Crippen molar-refractivity contribution >= 4 is 13.5 Å². The molecular formula is C23H30O2Si. The SMILES string of the molecule is C=C(C)[C@H](CCC1Cc2cc(OC)ccc21)O[Si](C)(C)c1ccccc1. The quantitative estimate of drug-likeness (QED) is 0.473. The summed E-state index contributed by atoms with van der Waals surface area (Å²) in [5.74, 6) is 1.60. The second-order valence-electron chi connectivity index (χ2n) is 7.87. The van der Waals surface area contributed by atoms with Crippen molar-refractivity contribution in [1.82, 2.24) is 0 Å². The van der Waals surface area contributed by atoms with E-state index in [1.807, 2.05) is 0 Å². The summed E-state index contributed by atoms with van der Waals surface area (Å²) in [6.07, 6.45) is 3.47. The normalized spacial score (nSPS) is 17.2. The van der Waals surface area contributed by atoms with Crippen LogP contribution in [0.5, 0.6) is 5.75 Å². The molecule has 138 valence electrons. The fourth-order valence-electron chi connectivity index (χ4n) is 3.81. The van der Waals surface area contributed by atoms with Crippen molar-refractivity contribution in [2.24, 2.45) is 0 Å². The maximum Gasteiger partial charge on any atom is 0.218 e. The van der Waals surface area contributed by atoms with Crippen LogP contribution in [0.25, 0.3) is 0 Å². The van der Waals surface area contributed by atoms with Gasteiger partial charge in [0.2, 0.25) is 8.32 Å². The van der Waals surface area contributed by atoms with Crippen LogP contribution in [-0.4, -0.2) is 21.5 Å². The minimum atomic E-state index is -1.93. The lowest BCUT2D eigenvalue weighted by Gasteiger charge is -2.34. The highest BCUT2D eigenvalue weighted by Gasteiger charge is 2.31. The van der Waals surface area contributed by atoms with E-state index in [4.69, 9.17) is 9.16 Å². The Bertz CT molecular complexity index is 767. The topological polar surface area (TPSA) is 18.5 Å². The number of ether oxygens (including phenoxy) is 1. The van der Waals surface area contributed by atoms with Crippen molar-refractivity contribution in [2.75, 3.05) is 7.11 Å². The number of hydrogen-bond acceptors (Lipinski definition) is 2. The molecule has 26 heavy (non-hydrogen) atoms. The summed E-state index contributed by atoms with van der Waals surface area (Å²) in [4.78, 5) is 0. The second-order valence-corrected chi connectivity index (χ2v) is 11.7. The Morgan fingerprint density at radius 3 is 2.54 bits per heavy atom. The van der Waals surface area contributed by atoms with Gasteiger partial charge in [-0.3, -0.25) is 0 Å². The third kappa shape index (κ3) is 4.10. The van der Waals surface area contributed by atoms with Crippen molar-refractivity contribution in [2.45, 2.75) is 51.3 Å². The summed E-state index contributed by atoms with van der Waals surface area (Å²) in [6, 6.07) is 17.1. The molecule has 0 spiro atoms. The van der Waals surface area contributed by atoms with Gasteiger partial charge in [0, 0.05) is 0 Å². The van der Waals surface area contributed by atoms with E-state index in [2.05, 4.69) is 75.1 Å². The number of hydrogen-bond donors (Lipinski definition) is 0. The van der Waals surface area contributed by atoms with Crippen LogP contribution in [0.4, 0.5) is 0 Å². The van der Waals surface area contributed by atoms with Gasteiger partial charge in [-0.15, -0.1) is 0 Å². The average molecular weight is 367 g/mol. The molecule has 0 bridgehead atoms. The van der Waals surface area contributed by atoms with E-state index < -0.39 is 8.32 Å². The minimum Gasteiger partial charge on any atom is -0.497 e. The number of fused-ring (bicyclic) bond motifs is 1. The first-order valence-electron chi connectivity index (χ1n) is 9.46. The lowest BCUT2D eigenvalue weighted by Crippen LogP contribution is -2.47. The highest BCUT2D eigenvalue weighted by atomic mass is 28.4. The van der Waals surface area contributed by atoms with E-state index in [1.54, 1.807) is 7.11 Å². The molecule has 0 heterocycles. The van der Waals surface area contributed by atoms with Gasteiger partial charge in [-0.25, -0.2) is 0 Å². The Balaban J connectivity index is 1.62. The van der Waals surface area contributed by atoms with Gasteiger partial charge in [0.05, 0.1) is 13.2 Å². The lowest BCUT2D eigenvalue weighted by molar-refractivity contribution is 0.214. The smallest absolute Gasteiger partial charge is 0.218 e. The minimum absolute atomic E-state index is 0.138. The van der Waals surface area contributed by atoms with Crippen LogP contribution in [-0.2, 0) is 10.8 Å². The number of rotatable bonds is 8. The molecule has 0 saturated heterocycles. The van der Waals surface area contributed by atoms with E-state index in [1.165, 1.54) is 16.3 Å². The third-order valence-corrected chi connectivity index (χ3v) is 8.09. The Labute approximate surface area is 159 Å². The van der Waals surface area contributed by atoms with Crippen LogP contribution in [0.1, 0.15) is 36.8 Å². The molecule has 2 aromatic rings. The largest absolute Gasteiger partial charge is 0.497 e. The molecule has 0 amide bonds. The van der Waals surface area contributed by atoms with E-state index in [0.29, 0.717) is 5.92 Å². The Hall–Kier alpha value is -1.84. The van der Waals surface area contributed by atoms with Gasteiger partial charge >= 0.3 is 0 Å². The standard InChI is InChI=1S/C23H30O2Si/c1-17(2)23(25-26(4,5)21-9-7-6-8-10-21)14-11-18-15-19-16-20(24-3)12-13-22(18)19/h6-10,12-13,16,18,23H,1,11,14-15H2,2-5H3/t18?,23-/m0/s1. The number of benzene rings is 2. The van der Waals surface area contributed by atoms with Crippen LogP contribution in [0, 0.1) is 0 Å². The molecule has 1 aliphatic rings. The van der Waals surface area contributed by atoms with Crippen LogP contribution in [0.2, 0.25) is 13.1 Å². The molecule has 0 aliphatic heterocycles. The first kappa shape index (κ1) is 18.9. The van der Waals surface area contributed by atoms with Gasteiger partial charge in [-0.2, -0.15) is 0 Å². The van der Waals surface area contributed by atoms with Crippen molar-refractivity contribution in [3.63, 3.8) is 0 Å². The highest BCUT2D eigenvalue weighted by molar-refractivity contribution is 6.84. The Kier molecular flexibility index (Phi) is 5.69. The summed E-state index contributed by atoms with van der Waals surface area (Å²) >= 11 is 0. The van der Waals surface area contributed by atoms with Gasteiger partial charge in [0.15, 0.2) is 0 Å². The first-order valence-corrected chi connectivity index (χ1v) is 12.4. The third-order valence-electron chi connectivity index (χ3n) is 5.49. The molecular weight excluding hydrogens is 336 g/mol. The van der Waals surface area contributed by atoms with Gasteiger partial charge in [0.25, 0.3) is 0 Å². The number of methoxy groups -OCH3 is 1. The van der Waals surface area contributed by atoms with E-state index in [-0.39, 0.29) is 6.10 Å². The molecule has 1 aliphatic carbocycles. The van der Waals surface area contributed by atoms with Crippen LogP contribution in [0.3, 0.4) is 0 Å². The molecule has 2 nitrogen and oxygen atoms in total. The van der Waals surface area contributed by atoms with Crippen LogP contribution in [0.15, 0.2) is 60.7 Å². The van der Waals surface area contributed by atoms with E-state index >= 15 is 0 Å². The van der Waals surface area contributed by atoms with Crippen LogP contribution >= 0.6 is 0 Å². The summed E-state index contributed by atoms with van der Waals surface area (Å²) in [7, 11) is -0.204. The summed E-state index contributed by atoms with van der Waals surface area (Å²) < 4.78 is 12.0. The maximum absolute atomic E-state index is 6.65. The molecule has 3 rings (SSSR count). The fourth-order valence-corrected chi connectivity index (χ4v) is 5.97. The molecule has 0 aromatic heterocycles. The first-order chi connectivity index (χ1) is 12.4. The molecule has 2 aromatic carbocycles. The van der Waals surface area contributed by atoms with Crippen molar-refractivity contribution in [1.29, 1.82) is 0 Å². The molecule has 0 N–H and O–H groups in total.